The molecule has 0 saturated heterocycles. The van der Waals surface area contributed by atoms with Gasteiger partial charge in [-0.2, -0.15) is 0 Å². The fraction of sp³-hybridized carbons (Fsp3) is 1.00. The molecule has 2 unspecified atom stereocenters. The second kappa shape index (κ2) is 3.08. The molecule has 50 valence electrons. The van der Waals surface area contributed by atoms with E-state index in [4.69, 9.17) is 0 Å². The molecular weight excluding hydrogens is 141 g/mol. The summed E-state index contributed by atoms with van der Waals surface area (Å²) in [5.74, 6) is 0.426. The summed E-state index contributed by atoms with van der Waals surface area (Å²) in [5, 5.41) is -1.14. The van der Waals surface area contributed by atoms with Crippen molar-refractivity contribution in [2.75, 3.05) is 0 Å². The van der Waals surface area contributed by atoms with E-state index in [-0.39, 0.29) is 0 Å². The summed E-state index contributed by atoms with van der Waals surface area (Å²) in [5.41, 5.74) is 0. The van der Waals surface area contributed by atoms with Crippen molar-refractivity contribution in [1.29, 1.82) is 0 Å². The van der Waals surface area contributed by atoms with E-state index in [1.54, 1.807) is 0 Å². The van der Waals surface area contributed by atoms with E-state index in [2.05, 4.69) is 18.5 Å². The van der Waals surface area contributed by atoms with Gasteiger partial charge < -0.3 is 0 Å². The molecule has 0 N–H and O–H groups in total. The third kappa shape index (κ3) is 6.79. The molecule has 0 aliphatic rings. The largest absolute Gasteiger partial charge is 0.235 e. The van der Waals surface area contributed by atoms with E-state index in [0.29, 0.717) is 12.3 Å². The standard InChI is InChI=1S/C5H13FP2/c1-4(2)3-5(6,7)8/h4H,3,7-8H2,1-2H3. The Kier molecular flexibility index (Phi) is 3.39. The van der Waals surface area contributed by atoms with Crippen LogP contribution in [-0.4, -0.2) is 5.15 Å². The summed E-state index contributed by atoms with van der Waals surface area (Å²) < 4.78 is 12.6. The predicted molar refractivity (Wildman–Crippen MR) is 42.7 cm³/mol. The molecule has 0 aliphatic heterocycles. The lowest BCUT2D eigenvalue weighted by Gasteiger charge is -2.15. The number of hydrogen-bond donors (Lipinski definition) is 0. The molecule has 0 aromatic rings. The zero-order chi connectivity index (χ0) is 6.78. The molecule has 0 aromatic heterocycles. The average molecular weight is 154 g/mol. The Morgan fingerprint density at radius 3 is 1.88 bits per heavy atom. The summed E-state index contributed by atoms with van der Waals surface area (Å²) >= 11 is 0. The molecule has 0 amide bonds. The maximum absolute atomic E-state index is 12.6. The second-order valence-corrected chi connectivity index (χ2v) is 5.11. The SMILES string of the molecule is CC(C)CC(F)(P)P. The topological polar surface area (TPSA) is 0 Å². The van der Waals surface area contributed by atoms with Gasteiger partial charge in [0.05, 0.1) is 0 Å². The molecule has 2 atom stereocenters. The van der Waals surface area contributed by atoms with Crippen LogP contribution in [0.3, 0.4) is 0 Å². The van der Waals surface area contributed by atoms with Gasteiger partial charge in [0.1, 0.15) is 5.15 Å². The highest BCUT2D eigenvalue weighted by Gasteiger charge is 2.16. The fourth-order valence-corrected chi connectivity index (χ4v) is 1.57. The third-order valence-electron chi connectivity index (χ3n) is 0.721. The van der Waals surface area contributed by atoms with Crippen molar-refractivity contribution in [2.24, 2.45) is 5.92 Å². The first kappa shape index (κ1) is 8.79. The van der Waals surface area contributed by atoms with Crippen LogP contribution in [0.2, 0.25) is 0 Å². The average Bonchev–Trinajstić information content (AvgIpc) is 1.21. The van der Waals surface area contributed by atoms with Crippen LogP contribution < -0.4 is 0 Å². The van der Waals surface area contributed by atoms with Gasteiger partial charge in [-0.3, -0.25) is 0 Å². The van der Waals surface area contributed by atoms with Gasteiger partial charge in [0.2, 0.25) is 0 Å². The molecule has 0 rings (SSSR count). The molecule has 0 radical (unpaired) electrons. The minimum atomic E-state index is -1.14. The molecule has 8 heavy (non-hydrogen) atoms. The number of alkyl halides is 1. The lowest BCUT2D eigenvalue weighted by atomic mass is 10.1. The maximum atomic E-state index is 12.6. The molecule has 0 bridgehead atoms. The first-order valence-corrected chi connectivity index (χ1v) is 3.84. The Labute approximate surface area is 55.0 Å². The van der Waals surface area contributed by atoms with Crippen molar-refractivity contribution in [3.8, 4) is 0 Å². The van der Waals surface area contributed by atoms with Gasteiger partial charge in [-0.05, 0) is 12.3 Å². The van der Waals surface area contributed by atoms with Gasteiger partial charge in [0.25, 0.3) is 0 Å². The van der Waals surface area contributed by atoms with E-state index in [1.807, 2.05) is 13.8 Å². The van der Waals surface area contributed by atoms with Crippen LogP contribution in [0.1, 0.15) is 20.3 Å². The van der Waals surface area contributed by atoms with Gasteiger partial charge in [0.15, 0.2) is 0 Å². The van der Waals surface area contributed by atoms with E-state index >= 15 is 0 Å². The third-order valence-corrected chi connectivity index (χ3v) is 1.19. The van der Waals surface area contributed by atoms with E-state index < -0.39 is 5.15 Å². The van der Waals surface area contributed by atoms with Crippen molar-refractivity contribution >= 4 is 18.5 Å². The van der Waals surface area contributed by atoms with Crippen LogP contribution in [0.15, 0.2) is 0 Å². The Bertz CT molecular complexity index is 65.3. The molecule has 0 aliphatic carbocycles. The molecule has 0 spiro atoms. The maximum Gasteiger partial charge on any atom is 0.136 e. The number of halogens is 1. The Morgan fingerprint density at radius 1 is 1.50 bits per heavy atom. The summed E-state index contributed by atoms with van der Waals surface area (Å²) in [4.78, 5) is 0. The Hall–Kier alpha value is 0.790. The van der Waals surface area contributed by atoms with Gasteiger partial charge in [-0.25, -0.2) is 4.39 Å². The lowest BCUT2D eigenvalue weighted by molar-refractivity contribution is 0.346. The molecule has 0 fully saturated rings. The molecule has 0 nitrogen and oxygen atoms in total. The molecule has 0 heterocycles. The van der Waals surface area contributed by atoms with Crippen molar-refractivity contribution in [2.45, 2.75) is 25.4 Å². The van der Waals surface area contributed by atoms with Crippen LogP contribution in [0.25, 0.3) is 0 Å². The summed E-state index contributed by atoms with van der Waals surface area (Å²) in [6, 6.07) is 0. The fourth-order valence-electron chi connectivity index (χ4n) is 0.626. The van der Waals surface area contributed by atoms with Crippen molar-refractivity contribution in [3.63, 3.8) is 0 Å². The molecular formula is C5H13FP2. The lowest BCUT2D eigenvalue weighted by Crippen LogP contribution is -2.05. The quantitative estimate of drug-likeness (QED) is 0.536. The van der Waals surface area contributed by atoms with Gasteiger partial charge in [0, 0.05) is 0 Å². The number of hydrogen-bond acceptors (Lipinski definition) is 0. The first-order valence-electron chi connectivity index (χ1n) is 2.68. The van der Waals surface area contributed by atoms with E-state index in [1.165, 1.54) is 0 Å². The van der Waals surface area contributed by atoms with Crippen LogP contribution >= 0.6 is 18.5 Å². The van der Waals surface area contributed by atoms with Gasteiger partial charge in [-0.15, -0.1) is 0 Å². The first-order chi connectivity index (χ1) is 3.42. The van der Waals surface area contributed by atoms with Crippen LogP contribution in [0.4, 0.5) is 4.39 Å². The summed E-state index contributed by atoms with van der Waals surface area (Å²) in [6.45, 7) is 4.00. The zero-order valence-corrected chi connectivity index (χ0v) is 7.63. The summed E-state index contributed by atoms with van der Waals surface area (Å²) in [7, 11) is 4.31. The monoisotopic (exact) mass is 154 g/mol. The normalized spacial score (nSPS) is 12.8. The highest BCUT2D eigenvalue weighted by Crippen LogP contribution is 2.34. The molecule has 3 heteroatoms. The van der Waals surface area contributed by atoms with E-state index in [9.17, 15) is 4.39 Å². The Morgan fingerprint density at radius 2 is 1.88 bits per heavy atom. The van der Waals surface area contributed by atoms with Gasteiger partial charge in [-0.1, -0.05) is 32.3 Å². The second-order valence-electron chi connectivity index (χ2n) is 2.52. The minimum absolute atomic E-state index is 0.426. The Balaban J connectivity index is 3.39. The highest BCUT2D eigenvalue weighted by atomic mass is 31.1. The van der Waals surface area contributed by atoms with E-state index in [0.717, 1.165) is 0 Å². The smallest absolute Gasteiger partial charge is 0.136 e. The summed E-state index contributed by atoms with van der Waals surface area (Å²) in [6.07, 6.45) is 0.586. The molecule has 0 aromatic carbocycles. The number of rotatable bonds is 2. The van der Waals surface area contributed by atoms with Crippen molar-refractivity contribution in [1.82, 2.24) is 0 Å². The van der Waals surface area contributed by atoms with Crippen LogP contribution in [-0.2, 0) is 0 Å². The predicted octanol–water partition coefficient (Wildman–Crippen LogP) is 2.41. The minimum Gasteiger partial charge on any atom is -0.235 e. The zero-order valence-electron chi connectivity index (χ0n) is 5.32. The highest BCUT2D eigenvalue weighted by molar-refractivity contribution is 7.39. The van der Waals surface area contributed by atoms with Crippen molar-refractivity contribution in [3.05, 3.63) is 0 Å². The van der Waals surface area contributed by atoms with Crippen LogP contribution in [0.5, 0.6) is 0 Å². The van der Waals surface area contributed by atoms with Crippen molar-refractivity contribution < 1.29 is 4.39 Å². The molecule has 0 saturated carbocycles. The van der Waals surface area contributed by atoms with Gasteiger partial charge >= 0.3 is 0 Å². The van der Waals surface area contributed by atoms with Crippen LogP contribution in [0, 0.1) is 5.92 Å².